The van der Waals surface area contributed by atoms with Crippen LogP contribution in [0, 0.1) is 0 Å². The molecule has 0 saturated heterocycles. The third-order valence-corrected chi connectivity index (χ3v) is 7.49. The van der Waals surface area contributed by atoms with Crippen molar-refractivity contribution < 1.29 is 22.9 Å². The second-order valence-corrected chi connectivity index (χ2v) is 12.2. The van der Waals surface area contributed by atoms with Crippen LogP contribution < -0.4 is 5.32 Å². The number of aliphatic hydroxyl groups is 1. The van der Waals surface area contributed by atoms with Gasteiger partial charge in [0.05, 0.1) is 17.9 Å². The Balaban J connectivity index is 4.18. The Morgan fingerprint density at radius 3 is 1.65 bits per heavy atom. The molecule has 0 aromatic heterocycles. The van der Waals surface area contributed by atoms with Crippen molar-refractivity contribution in [1.82, 2.24) is 5.32 Å². The standard InChI is InChI=1S/C33H59NO5S/c1-3-5-7-9-11-13-15-17-19-21-23-25-27-29-33(36)34-31(30-40(37,38)39)32(35)28-26-24-22-20-18-16-14-12-10-8-6-4-2/h10,12-13,15,18,20,26,28,31-32,35H,3-9,11,14,16-17,19,21-25,27,29-30H2,1-2H3,(H,34,36)(H,37,38,39)/b12-10+,15-13-,20-18+,28-26+. The molecule has 0 spiro atoms. The quantitative estimate of drug-likeness (QED) is 0.0513. The van der Waals surface area contributed by atoms with E-state index in [1.807, 2.05) is 0 Å². The van der Waals surface area contributed by atoms with Gasteiger partial charge in [-0.1, -0.05) is 114 Å². The zero-order valence-electron chi connectivity index (χ0n) is 25.4. The highest BCUT2D eigenvalue weighted by molar-refractivity contribution is 7.85. The van der Waals surface area contributed by atoms with Crippen LogP contribution in [0.3, 0.4) is 0 Å². The minimum atomic E-state index is -4.35. The van der Waals surface area contributed by atoms with Crippen LogP contribution in [-0.2, 0) is 14.9 Å². The fourth-order valence-electron chi connectivity index (χ4n) is 4.28. The molecule has 0 rings (SSSR count). The van der Waals surface area contributed by atoms with E-state index in [-0.39, 0.29) is 12.3 Å². The van der Waals surface area contributed by atoms with E-state index in [4.69, 9.17) is 0 Å². The van der Waals surface area contributed by atoms with Gasteiger partial charge in [0.15, 0.2) is 0 Å². The number of nitrogens with one attached hydrogen (secondary N) is 1. The number of aliphatic hydroxyl groups excluding tert-OH is 1. The number of hydrogen-bond acceptors (Lipinski definition) is 4. The van der Waals surface area contributed by atoms with Crippen LogP contribution in [-0.4, -0.2) is 41.9 Å². The van der Waals surface area contributed by atoms with Crippen molar-refractivity contribution in [3.8, 4) is 0 Å². The van der Waals surface area contributed by atoms with Gasteiger partial charge in [0.2, 0.25) is 5.91 Å². The lowest BCUT2D eigenvalue weighted by Gasteiger charge is -2.21. The molecule has 2 unspecified atom stereocenters. The van der Waals surface area contributed by atoms with E-state index in [0.29, 0.717) is 12.8 Å². The molecule has 40 heavy (non-hydrogen) atoms. The first-order valence-electron chi connectivity index (χ1n) is 15.8. The fourth-order valence-corrected chi connectivity index (χ4v) is 5.02. The van der Waals surface area contributed by atoms with Gasteiger partial charge in [-0.2, -0.15) is 8.42 Å². The molecule has 0 fully saturated rings. The summed E-state index contributed by atoms with van der Waals surface area (Å²) in [5.41, 5.74) is 0. The zero-order valence-corrected chi connectivity index (χ0v) is 26.3. The summed E-state index contributed by atoms with van der Waals surface area (Å²) in [5, 5.41) is 13.1. The van der Waals surface area contributed by atoms with Crippen molar-refractivity contribution in [3.05, 3.63) is 48.6 Å². The third-order valence-electron chi connectivity index (χ3n) is 6.71. The molecule has 0 bridgehead atoms. The Labute approximate surface area is 246 Å². The number of amides is 1. The first-order valence-corrected chi connectivity index (χ1v) is 17.4. The van der Waals surface area contributed by atoms with Gasteiger partial charge in [-0.15, -0.1) is 0 Å². The van der Waals surface area contributed by atoms with Gasteiger partial charge in [0.1, 0.15) is 0 Å². The summed E-state index contributed by atoms with van der Waals surface area (Å²) >= 11 is 0. The average molecular weight is 582 g/mol. The number of carbonyl (C=O) groups is 1. The Kier molecular flexibility index (Phi) is 26.3. The molecule has 232 valence electrons. The normalized spacial score (nSPS) is 14.2. The summed E-state index contributed by atoms with van der Waals surface area (Å²) in [6.07, 6.45) is 35.2. The number of rotatable bonds is 27. The predicted octanol–water partition coefficient (Wildman–Crippen LogP) is 8.40. The van der Waals surface area contributed by atoms with Crippen molar-refractivity contribution >= 4 is 16.0 Å². The highest BCUT2D eigenvalue weighted by Gasteiger charge is 2.24. The summed E-state index contributed by atoms with van der Waals surface area (Å²) in [4.78, 5) is 12.4. The minimum Gasteiger partial charge on any atom is -0.387 e. The van der Waals surface area contributed by atoms with E-state index in [9.17, 15) is 22.9 Å². The molecule has 1 amide bonds. The lowest BCUT2D eigenvalue weighted by atomic mass is 10.1. The SMILES string of the molecule is CCCC/C=C/CC/C=C/CC/C=C/C(O)C(CS(=O)(=O)O)NC(=O)CCCCCCC/C=C\CCCCCC. The monoisotopic (exact) mass is 581 g/mol. The van der Waals surface area contributed by atoms with E-state index in [1.54, 1.807) is 6.08 Å². The second-order valence-electron chi connectivity index (χ2n) is 10.7. The molecule has 6 nitrogen and oxygen atoms in total. The Bertz CT molecular complexity index is 817. The van der Waals surface area contributed by atoms with Crippen molar-refractivity contribution in [2.75, 3.05) is 5.75 Å². The summed E-state index contributed by atoms with van der Waals surface area (Å²) in [5.74, 6) is -1.03. The first kappa shape index (κ1) is 38.3. The number of hydrogen-bond donors (Lipinski definition) is 3. The summed E-state index contributed by atoms with van der Waals surface area (Å²) in [6, 6.07) is -1.08. The minimum absolute atomic E-state index is 0.272. The molecule has 0 aliphatic heterocycles. The van der Waals surface area contributed by atoms with Gasteiger partial charge in [-0.05, 0) is 64.2 Å². The Morgan fingerprint density at radius 1 is 0.650 bits per heavy atom. The first-order chi connectivity index (χ1) is 19.3. The summed E-state index contributed by atoms with van der Waals surface area (Å²) < 4.78 is 32.2. The van der Waals surface area contributed by atoms with Gasteiger partial charge in [-0.3, -0.25) is 9.35 Å². The smallest absolute Gasteiger partial charge is 0.267 e. The molecule has 0 saturated carbocycles. The molecule has 0 aliphatic rings. The number of carbonyl (C=O) groups excluding carboxylic acids is 1. The van der Waals surface area contributed by atoms with Crippen molar-refractivity contribution in [2.24, 2.45) is 0 Å². The molecular weight excluding hydrogens is 522 g/mol. The summed E-state index contributed by atoms with van der Waals surface area (Å²) in [7, 11) is -4.35. The molecule has 0 aromatic carbocycles. The third kappa shape index (κ3) is 27.9. The van der Waals surface area contributed by atoms with E-state index in [1.165, 1.54) is 51.0 Å². The van der Waals surface area contributed by atoms with Crippen LogP contribution in [0.2, 0.25) is 0 Å². The molecular formula is C33H59NO5S. The lowest BCUT2D eigenvalue weighted by Crippen LogP contribution is -2.46. The van der Waals surface area contributed by atoms with Crippen LogP contribution in [0.1, 0.15) is 136 Å². The number of unbranched alkanes of at least 4 members (excludes halogenated alkanes) is 13. The Hall–Kier alpha value is -1.70. The highest BCUT2D eigenvalue weighted by atomic mass is 32.2. The van der Waals surface area contributed by atoms with Crippen molar-refractivity contribution in [2.45, 2.75) is 148 Å². The second kappa shape index (κ2) is 27.5. The predicted molar refractivity (Wildman–Crippen MR) is 170 cm³/mol. The van der Waals surface area contributed by atoms with Crippen LogP contribution in [0.4, 0.5) is 0 Å². The average Bonchev–Trinajstić information content (AvgIpc) is 2.90. The maximum Gasteiger partial charge on any atom is 0.267 e. The van der Waals surface area contributed by atoms with E-state index in [2.05, 4.69) is 55.6 Å². The molecule has 2 atom stereocenters. The van der Waals surface area contributed by atoms with E-state index >= 15 is 0 Å². The van der Waals surface area contributed by atoms with Crippen molar-refractivity contribution in [3.63, 3.8) is 0 Å². The summed E-state index contributed by atoms with van der Waals surface area (Å²) in [6.45, 7) is 4.42. The van der Waals surface area contributed by atoms with Crippen LogP contribution in [0.15, 0.2) is 48.6 Å². The van der Waals surface area contributed by atoms with Gasteiger partial charge in [-0.25, -0.2) is 0 Å². The van der Waals surface area contributed by atoms with Gasteiger partial charge in [0.25, 0.3) is 10.1 Å². The van der Waals surface area contributed by atoms with Crippen LogP contribution >= 0.6 is 0 Å². The molecule has 7 heteroatoms. The Morgan fingerprint density at radius 2 is 1.10 bits per heavy atom. The highest BCUT2D eigenvalue weighted by Crippen LogP contribution is 2.10. The molecule has 0 radical (unpaired) electrons. The molecule has 0 aromatic rings. The van der Waals surface area contributed by atoms with Crippen molar-refractivity contribution in [1.29, 1.82) is 0 Å². The van der Waals surface area contributed by atoms with Gasteiger partial charge < -0.3 is 10.4 Å². The maximum absolute atomic E-state index is 12.4. The lowest BCUT2D eigenvalue weighted by molar-refractivity contribution is -0.122. The fraction of sp³-hybridized carbons (Fsp3) is 0.727. The van der Waals surface area contributed by atoms with Crippen LogP contribution in [0.25, 0.3) is 0 Å². The largest absolute Gasteiger partial charge is 0.387 e. The molecule has 0 heterocycles. The van der Waals surface area contributed by atoms with Gasteiger partial charge in [0, 0.05) is 6.42 Å². The van der Waals surface area contributed by atoms with E-state index in [0.717, 1.165) is 57.8 Å². The van der Waals surface area contributed by atoms with E-state index < -0.39 is 28.0 Å². The van der Waals surface area contributed by atoms with Crippen LogP contribution in [0.5, 0.6) is 0 Å². The zero-order chi connectivity index (χ0) is 29.7. The molecule has 3 N–H and O–H groups in total. The maximum atomic E-state index is 12.4. The van der Waals surface area contributed by atoms with Gasteiger partial charge >= 0.3 is 0 Å². The number of allylic oxidation sites excluding steroid dienone is 7. The topological polar surface area (TPSA) is 104 Å². The molecule has 0 aliphatic carbocycles.